The lowest BCUT2D eigenvalue weighted by Gasteiger charge is -2.29. The predicted molar refractivity (Wildman–Crippen MR) is 91.0 cm³/mol. The van der Waals surface area contributed by atoms with E-state index < -0.39 is 0 Å². The molecule has 0 spiro atoms. The van der Waals surface area contributed by atoms with E-state index in [1.165, 1.54) is 4.68 Å². The van der Waals surface area contributed by atoms with E-state index >= 15 is 0 Å². The number of rotatable bonds is 2. The second-order valence-corrected chi connectivity index (χ2v) is 6.03. The topological polar surface area (TPSA) is 68.8 Å². The fourth-order valence-corrected chi connectivity index (χ4v) is 3.18. The third kappa shape index (κ3) is 2.37. The molecule has 0 radical (unpaired) electrons. The molecule has 3 heterocycles. The number of fused-ring (bicyclic) bond motifs is 1. The molecule has 3 aromatic rings. The van der Waals surface area contributed by atoms with Gasteiger partial charge in [0.1, 0.15) is 5.02 Å². The first kappa shape index (κ1) is 14.9. The average molecular weight is 343 g/mol. The van der Waals surface area contributed by atoms with E-state index in [-0.39, 0.29) is 10.6 Å². The molecule has 4 rings (SSSR count). The Hall–Kier alpha value is -2.67. The fraction of sp³-hybridized carbons (Fsp3) is 0.250. The van der Waals surface area contributed by atoms with Crippen LogP contribution in [0.3, 0.4) is 0 Å². The van der Waals surface area contributed by atoms with Gasteiger partial charge in [-0.05, 0) is 0 Å². The quantitative estimate of drug-likeness (QED) is 0.709. The molecule has 0 fully saturated rings. The summed E-state index contributed by atoms with van der Waals surface area (Å²) < 4.78 is 3.33. The van der Waals surface area contributed by atoms with Gasteiger partial charge in [0, 0.05) is 25.7 Å². The van der Waals surface area contributed by atoms with E-state index in [0.29, 0.717) is 18.8 Å². The van der Waals surface area contributed by atoms with Gasteiger partial charge >= 0.3 is 0 Å². The molecule has 2 aromatic heterocycles. The van der Waals surface area contributed by atoms with E-state index in [1.54, 1.807) is 13.2 Å². The molecule has 0 atom stereocenters. The van der Waals surface area contributed by atoms with Crippen molar-refractivity contribution < 1.29 is 0 Å². The van der Waals surface area contributed by atoms with Crippen molar-refractivity contribution in [2.24, 2.45) is 7.05 Å². The Bertz CT molecular complexity index is 949. The van der Waals surface area contributed by atoms with Gasteiger partial charge in [-0.25, -0.2) is 4.68 Å². The van der Waals surface area contributed by atoms with Crippen molar-refractivity contribution in [3.8, 4) is 11.4 Å². The lowest BCUT2D eigenvalue weighted by molar-refractivity contribution is 0.561. The van der Waals surface area contributed by atoms with Gasteiger partial charge in [-0.3, -0.25) is 4.79 Å². The zero-order chi connectivity index (χ0) is 16.7. The zero-order valence-corrected chi connectivity index (χ0v) is 13.8. The molecule has 0 aliphatic carbocycles. The summed E-state index contributed by atoms with van der Waals surface area (Å²) in [6.07, 6.45) is 1.62. The molecular formula is C16H15ClN6O. The number of anilines is 1. The highest BCUT2D eigenvalue weighted by molar-refractivity contribution is 6.33. The summed E-state index contributed by atoms with van der Waals surface area (Å²) in [5, 5.41) is 12.9. The highest BCUT2D eigenvalue weighted by Crippen LogP contribution is 2.27. The van der Waals surface area contributed by atoms with Crippen LogP contribution < -0.4 is 10.5 Å². The maximum atomic E-state index is 12.0. The largest absolute Gasteiger partial charge is 0.360 e. The van der Waals surface area contributed by atoms with Crippen molar-refractivity contribution in [1.82, 2.24) is 24.5 Å². The number of aromatic nitrogens is 5. The van der Waals surface area contributed by atoms with Crippen LogP contribution in [0.5, 0.6) is 0 Å². The first-order chi connectivity index (χ1) is 11.6. The van der Waals surface area contributed by atoms with E-state index in [2.05, 4.69) is 19.9 Å². The lowest BCUT2D eigenvalue weighted by Crippen LogP contribution is -2.35. The van der Waals surface area contributed by atoms with Crippen molar-refractivity contribution in [1.29, 1.82) is 0 Å². The summed E-state index contributed by atoms with van der Waals surface area (Å²) in [4.78, 5) is 14.0. The summed E-state index contributed by atoms with van der Waals surface area (Å²) in [5.74, 6) is 1.70. The van der Waals surface area contributed by atoms with E-state index in [9.17, 15) is 4.79 Å². The van der Waals surface area contributed by atoms with Gasteiger partial charge in [0.25, 0.3) is 5.56 Å². The molecule has 7 nitrogen and oxygen atoms in total. The molecule has 1 aliphatic rings. The zero-order valence-electron chi connectivity index (χ0n) is 13.1. The van der Waals surface area contributed by atoms with Crippen LogP contribution in [0.1, 0.15) is 5.82 Å². The Morgan fingerprint density at radius 2 is 1.92 bits per heavy atom. The molecule has 0 saturated carbocycles. The SMILES string of the molecule is Cn1ncc(N2CCn3c(nnc3-c3ccccc3)C2)c(Cl)c1=O. The Morgan fingerprint density at radius 3 is 2.71 bits per heavy atom. The molecule has 0 N–H and O–H groups in total. The molecule has 0 unspecified atom stereocenters. The molecule has 122 valence electrons. The Morgan fingerprint density at radius 1 is 1.12 bits per heavy atom. The molecule has 24 heavy (non-hydrogen) atoms. The summed E-state index contributed by atoms with van der Waals surface area (Å²) in [7, 11) is 1.58. The minimum absolute atomic E-state index is 0.184. The highest BCUT2D eigenvalue weighted by atomic mass is 35.5. The summed E-state index contributed by atoms with van der Waals surface area (Å²) in [6, 6.07) is 9.98. The third-order valence-electron chi connectivity index (χ3n) is 4.19. The molecular weight excluding hydrogens is 328 g/mol. The van der Waals surface area contributed by atoms with Crippen LogP contribution in [0.4, 0.5) is 5.69 Å². The van der Waals surface area contributed by atoms with Crippen LogP contribution >= 0.6 is 11.6 Å². The molecule has 1 aliphatic heterocycles. The van der Waals surface area contributed by atoms with Crippen LogP contribution in [-0.4, -0.2) is 31.1 Å². The van der Waals surface area contributed by atoms with Crippen molar-refractivity contribution in [3.63, 3.8) is 0 Å². The van der Waals surface area contributed by atoms with Crippen LogP contribution in [0.2, 0.25) is 5.02 Å². The normalized spacial score (nSPS) is 13.8. The van der Waals surface area contributed by atoms with Crippen LogP contribution in [0.25, 0.3) is 11.4 Å². The minimum Gasteiger partial charge on any atom is -0.360 e. The Labute approximate surface area is 143 Å². The molecule has 1 aromatic carbocycles. The fourth-order valence-electron chi connectivity index (χ4n) is 2.89. The monoisotopic (exact) mass is 342 g/mol. The number of hydrogen-bond donors (Lipinski definition) is 0. The molecule has 0 saturated heterocycles. The van der Waals surface area contributed by atoms with Gasteiger partial charge in [0.05, 0.1) is 18.4 Å². The van der Waals surface area contributed by atoms with Crippen LogP contribution in [-0.2, 0) is 20.1 Å². The van der Waals surface area contributed by atoms with Crippen molar-refractivity contribution in [2.75, 3.05) is 11.4 Å². The van der Waals surface area contributed by atoms with Crippen molar-refractivity contribution in [3.05, 3.63) is 57.7 Å². The van der Waals surface area contributed by atoms with E-state index in [1.807, 2.05) is 35.2 Å². The number of benzene rings is 1. The molecule has 8 heteroatoms. The maximum Gasteiger partial charge on any atom is 0.287 e. The minimum atomic E-state index is -0.300. The van der Waals surface area contributed by atoms with Gasteiger partial charge in [0.15, 0.2) is 11.6 Å². The van der Waals surface area contributed by atoms with Gasteiger partial charge < -0.3 is 9.47 Å². The number of halogens is 1. The Balaban J connectivity index is 1.68. The first-order valence-corrected chi connectivity index (χ1v) is 7.97. The highest BCUT2D eigenvalue weighted by Gasteiger charge is 2.24. The number of aryl methyl sites for hydroxylation is 1. The second-order valence-electron chi connectivity index (χ2n) is 5.65. The Kier molecular flexibility index (Phi) is 3.57. The maximum absolute atomic E-state index is 12.0. The van der Waals surface area contributed by atoms with Gasteiger partial charge in [0.2, 0.25) is 0 Å². The van der Waals surface area contributed by atoms with Crippen molar-refractivity contribution >= 4 is 17.3 Å². The predicted octanol–water partition coefficient (Wildman–Crippen LogP) is 1.71. The summed E-state index contributed by atoms with van der Waals surface area (Å²) >= 11 is 6.20. The van der Waals surface area contributed by atoms with Gasteiger partial charge in [-0.2, -0.15) is 5.10 Å². The lowest BCUT2D eigenvalue weighted by atomic mass is 10.2. The van der Waals surface area contributed by atoms with Crippen LogP contribution in [0, 0.1) is 0 Å². The number of hydrogen-bond acceptors (Lipinski definition) is 5. The third-order valence-corrected chi connectivity index (χ3v) is 4.54. The first-order valence-electron chi connectivity index (χ1n) is 7.59. The van der Waals surface area contributed by atoms with Gasteiger partial charge in [-0.1, -0.05) is 41.9 Å². The summed E-state index contributed by atoms with van der Waals surface area (Å²) in [6.45, 7) is 1.96. The molecule has 0 bridgehead atoms. The van der Waals surface area contributed by atoms with E-state index in [4.69, 9.17) is 11.6 Å². The standard InChI is InChI=1S/C16H15ClN6O/c1-21-16(24)14(17)12(9-18-21)22-7-8-23-13(10-22)19-20-15(23)11-5-3-2-4-6-11/h2-6,9H,7-8,10H2,1H3. The smallest absolute Gasteiger partial charge is 0.287 e. The summed E-state index contributed by atoms with van der Waals surface area (Å²) in [5.41, 5.74) is 1.37. The average Bonchev–Trinajstić information content (AvgIpc) is 3.04. The second kappa shape index (κ2) is 5.76. The number of nitrogens with zero attached hydrogens (tertiary/aromatic N) is 6. The van der Waals surface area contributed by atoms with Crippen LogP contribution in [0.15, 0.2) is 41.3 Å². The molecule has 0 amide bonds. The van der Waals surface area contributed by atoms with E-state index in [0.717, 1.165) is 23.8 Å². The van der Waals surface area contributed by atoms with Crippen molar-refractivity contribution in [2.45, 2.75) is 13.1 Å². The van der Waals surface area contributed by atoms with Gasteiger partial charge in [-0.15, -0.1) is 10.2 Å².